The molecule has 106 valence electrons. The van der Waals surface area contributed by atoms with Crippen molar-refractivity contribution in [3.8, 4) is 5.88 Å². The van der Waals surface area contributed by atoms with Crippen molar-refractivity contribution in [1.29, 1.82) is 0 Å². The molecule has 0 atom stereocenters. The van der Waals surface area contributed by atoms with E-state index in [1.165, 1.54) is 0 Å². The van der Waals surface area contributed by atoms with Crippen molar-refractivity contribution in [2.45, 2.75) is 27.3 Å². The van der Waals surface area contributed by atoms with E-state index < -0.39 is 0 Å². The Bertz CT molecular complexity index is 404. The molecule has 0 saturated heterocycles. The molecule has 0 aromatic carbocycles. The van der Waals surface area contributed by atoms with Gasteiger partial charge in [0.2, 0.25) is 5.88 Å². The molecule has 5 heteroatoms. The molecule has 5 nitrogen and oxygen atoms in total. The van der Waals surface area contributed by atoms with E-state index in [2.05, 4.69) is 41.4 Å². The molecular weight excluding hydrogens is 240 g/mol. The Hall–Kier alpha value is -1.78. The maximum atomic E-state index is 5.21. The lowest BCUT2D eigenvalue weighted by Gasteiger charge is -2.13. The molecule has 0 spiro atoms. The van der Waals surface area contributed by atoms with Crippen molar-refractivity contribution in [3.05, 3.63) is 23.9 Å². The Morgan fingerprint density at radius 2 is 2.21 bits per heavy atom. The third kappa shape index (κ3) is 5.59. The number of methoxy groups -OCH3 is 1. The Balaban J connectivity index is 2.68. The third-order valence-corrected chi connectivity index (χ3v) is 2.47. The predicted octanol–water partition coefficient (Wildman–Crippen LogP) is 1.80. The van der Waals surface area contributed by atoms with Crippen LogP contribution in [0.4, 0.5) is 0 Å². The first-order valence-electron chi connectivity index (χ1n) is 6.67. The van der Waals surface area contributed by atoms with Crippen LogP contribution in [0.5, 0.6) is 5.88 Å². The second-order valence-corrected chi connectivity index (χ2v) is 4.64. The average Bonchev–Trinajstić information content (AvgIpc) is 2.42. The molecule has 0 saturated carbocycles. The van der Waals surface area contributed by atoms with Crippen molar-refractivity contribution in [2.24, 2.45) is 10.9 Å². The van der Waals surface area contributed by atoms with Crippen molar-refractivity contribution < 1.29 is 4.74 Å². The highest BCUT2D eigenvalue weighted by molar-refractivity contribution is 5.79. The SMILES string of the molecule is CCNC(=NCc1cccnc1OC)NCC(C)C. The minimum Gasteiger partial charge on any atom is -0.481 e. The maximum Gasteiger partial charge on any atom is 0.218 e. The minimum atomic E-state index is 0.546. The lowest BCUT2D eigenvalue weighted by molar-refractivity contribution is 0.392. The minimum absolute atomic E-state index is 0.546. The number of hydrogen-bond acceptors (Lipinski definition) is 3. The molecule has 0 aliphatic carbocycles. The highest BCUT2D eigenvalue weighted by Crippen LogP contribution is 2.14. The van der Waals surface area contributed by atoms with E-state index in [4.69, 9.17) is 4.74 Å². The molecule has 2 N–H and O–H groups in total. The van der Waals surface area contributed by atoms with Crippen LogP contribution in [0.2, 0.25) is 0 Å². The fourth-order valence-electron chi connectivity index (χ4n) is 1.54. The van der Waals surface area contributed by atoms with Gasteiger partial charge in [0, 0.05) is 24.8 Å². The largest absolute Gasteiger partial charge is 0.481 e. The van der Waals surface area contributed by atoms with Crippen LogP contribution in [0.15, 0.2) is 23.3 Å². The van der Waals surface area contributed by atoms with Gasteiger partial charge in [-0.15, -0.1) is 0 Å². The van der Waals surface area contributed by atoms with Crippen molar-refractivity contribution >= 4 is 5.96 Å². The quantitative estimate of drug-likeness (QED) is 0.607. The Morgan fingerprint density at radius 1 is 1.42 bits per heavy atom. The van der Waals surface area contributed by atoms with Gasteiger partial charge in [0.15, 0.2) is 5.96 Å². The van der Waals surface area contributed by atoms with E-state index in [1.807, 2.05) is 12.1 Å². The van der Waals surface area contributed by atoms with Gasteiger partial charge in [-0.3, -0.25) is 0 Å². The molecule has 0 aliphatic rings. The van der Waals surface area contributed by atoms with E-state index in [-0.39, 0.29) is 0 Å². The van der Waals surface area contributed by atoms with Crippen molar-refractivity contribution in [3.63, 3.8) is 0 Å². The summed E-state index contributed by atoms with van der Waals surface area (Å²) in [6, 6.07) is 3.86. The fourth-order valence-corrected chi connectivity index (χ4v) is 1.54. The number of nitrogens with one attached hydrogen (secondary N) is 2. The van der Waals surface area contributed by atoms with Gasteiger partial charge in [0.1, 0.15) is 0 Å². The number of nitrogens with zero attached hydrogens (tertiary/aromatic N) is 2. The van der Waals surface area contributed by atoms with Crippen LogP contribution in [0.25, 0.3) is 0 Å². The first-order chi connectivity index (χ1) is 9.17. The third-order valence-electron chi connectivity index (χ3n) is 2.47. The van der Waals surface area contributed by atoms with Crippen LogP contribution in [0, 0.1) is 5.92 Å². The summed E-state index contributed by atoms with van der Waals surface area (Å²) in [5.41, 5.74) is 0.978. The smallest absolute Gasteiger partial charge is 0.218 e. The summed E-state index contributed by atoms with van der Waals surface area (Å²) in [7, 11) is 1.62. The van der Waals surface area contributed by atoms with Gasteiger partial charge < -0.3 is 15.4 Å². The number of aliphatic imine (C=N–C) groups is 1. The monoisotopic (exact) mass is 264 g/mol. The van der Waals surface area contributed by atoms with E-state index in [0.717, 1.165) is 24.6 Å². The summed E-state index contributed by atoms with van der Waals surface area (Å²) < 4.78 is 5.21. The Labute approximate surface area is 115 Å². The maximum absolute atomic E-state index is 5.21. The standard InChI is InChI=1S/C14H24N4O/c1-5-15-14(17-9-11(2)3)18-10-12-7-6-8-16-13(12)19-4/h6-8,11H,5,9-10H2,1-4H3,(H2,15,17,18). The van der Waals surface area contributed by atoms with Crippen LogP contribution in [-0.4, -0.2) is 31.1 Å². The average molecular weight is 264 g/mol. The molecule has 1 heterocycles. The topological polar surface area (TPSA) is 58.5 Å². The molecule has 19 heavy (non-hydrogen) atoms. The number of hydrogen-bond donors (Lipinski definition) is 2. The molecule has 1 aromatic rings. The molecule has 0 amide bonds. The van der Waals surface area contributed by atoms with Crippen LogP contribution in [-0.2, 0) is 6.54 Å². The molecule has 0 bridgehead atoms. The number of pyridine rings is 1. The second-order valence-electron chi connectivity index (χ2n) is 4.64. The van der Waals surface area contributed by atoms with Gasteiger partial charge in [0.05, 0.1) is 13.7 Å². The number of ether oxygens (including phenoxy) is 1. The normalized spacial score (nSPS) is 11.5. The molecule has 0 fully saturated rings. The van der Waals surface area contributed by atoms with Gasteiger partial charge in [0.25, 0.3) is 0 Å². The number of guanidine groups is 1. The zero-order valence-electron chi connectivity index (χ0n) is 12.2. The Kier molecular flexibility index (Phi) is 6.71. The zero-order valence-corrected chi connectivity index (χ0v) is 12.2. The molecule has 0 aliphatic heterocycles. The van der Waals surface area contributed by atoms with Gasteiger partial charge >= 0.3 is 0 Å². The van der Waals surface area contributed by atoms with Gasteiger partial charge in [-0.05, 0) is 18.9 Å². The summed E-state index contributed by atoms with van der Waals surface area (Å²) in [4.78, 5) is 8.70. The van der Waals surface area contributed by atoms with E-state index in [9.17, 15) is 0 Å². The van der Waals surface area contributed by atoms with Crippen molar-refractivity contribution in [1.82, 2.24) is 15.6 Å². The lowest BCUT2D eigenvalue weighted by atomic mass is 10.2. The zero-order chi connectivity index (χ0) is 14.1. The van der Waals surface area contributed by atoms with Gasteiger partial charge in [-0.1, -0.05) is 19.9 Å². The first kappa shape index (κ1) is 15.3. The molecule has 0 radical (unpaired) electrons. The molecular formula is C14H24N4O. The summed E-state index contributed by atoms with van der Waals surface area (Å²) in [5, 5.41) is 6.53. The number of rotatable bonds is 6. The van der Waals surface area contributed by atoms with E-state index in [0.29, 0.717) is 18.3 Å². The summed E-state index contributed by atoms with van der Waals surface area (Å²) >= 11 is 0. The van der Waals surface area contributed by atoms with E-state index in [1.54, 1.807) is 13.3 Å². The second kappa shape index (κ2) is 8.34. The first-order valence-corrected chi connectivity index (χ1v) is 6.67. The van der Waals surface area contributed by atoms with Crippen molar-refractivity contribution in [2.75, 3.05) is 20.2 Å². The highest BCUT2D eigenvalue weighted by atomic mass is 16.5. The van der Waals surface area contributed by atoms with Crippen LogP contribution < -0.4 is 15.4 Å². The number of aromatic nitrogens is 1. The fraction of sp³-hybridized carbons (Fsp3) is 0.571. The van der Waals surface area contributed by atoms with Crippen LogP contribution in [0.3, 0.4) is 0 Å². The van der Waals surface area contributed by atoms with Gasteiger partial charge in [-0.2, -0.15) is 0 Å². The van der Waals surface area contributed by atoms with Crippen LogP contribution >= 0.6 is 0 Å². The van der Waals surface area contributed by atoms with Gasteiger partial charge in [-0.25, -0.2) is 9.98 Å². The van der Waals surface area contributed by atoms with Crippen LogP contribution in [0.1, 0.15) is 26.3 Å². The Morgan fingerprint density at radius 3 is 2.84 bits per heavy atom. The lowest BCUT2D eigenvalue weighted by Crippen LogP contribution is -2.39. The summed E-state index contributed by atoms with van der Waals surface area (Å²) in [6.07, 6.45) is 1.72. The molecule has 1 rings (SSSR count). The highest BCUT2D eigenvalue weighted by Gasteiger charge is 2.03. The molecule has 0 unspecified atom stereocenters. The summed E-state index contributed by atoms with van der Waals surface area (Å²) in [6.45, 7) is 8.67. The van der Waals surface area contributed by atoms with E-state index >= 15 is 0 Å². The summed E-state index contributed by atoms with van der Waals surface area (Å²) in [5.74, 6) is 2.03. The predicted molar refractivity (Wildman–Crippen MR) is 78.4 cm³/mol. The molecule has 1 aromatic heterocycles.